The van der Waals surface area contributed by atoms with E-state index in [1.165, 1.54) is 4.90 Å². The molecule has 2 fully saturated rings. The minimum atomic E-state index is -0.835. The van der Waals surface area contributed by atoms with Crippen molar-refractivity contribution in [1.29, 1.82) is 0 Å². The number of rotatable bonds is 6. The van der Waals surface area contributed by atoms with Gasteiger partial charge in [-0.15, -0.1) is 0 Å². The predicted octanol–water partition coefficient (Wildman–Crippen LogP) is 4.23. The number of anilines is 1. The van der Waals surface area contributed by atoms with Crippen LogP contribution in [-0.4, -0.2) is 40.7 Å². The molecular weight excluding hydrogens is 407 g/mol. The summed E-state index contributed by atoms with van der Waals surface area (Å²) in [6.45, 7) is 0. The molecule has 0 bridgehead atoms. The normalized spacial score (nSPS) is 23.3. The van der Waals surface area contributed by atoms with Crippen molar-refractivity contribution in [2.45, 2.75) is 38.1 Å². The number of thioether (sulfide) groups is 1. The molecule has 2 aliphatic rings. The lowest BCUT2D eigenvalue weighted by atomic mass is 9.81. The van der Waals surface area contributed by atoms with Gasteiger partial charge in [-0.05, 0) is 49.5 Å². The molecule has 3 rings (SSSR count). The number of hydrogen-bond acceptors (Lipinski definition) is 4. The van der Waals surface area contributed by atoms with Crippen molar-refractivity contribution >= 4 is 58.4 Å². The summed E-state index contributed by atoms with van der Waals surface area (Å²) >= 11 is 13.7. The van der Waals surface area contributed by atoms with E-state index in [2.05, 4.69) is 5.32 Å². The van der Waals surface area contributed by atoms with Crippen LogP contribution in [0.15, 0.2) is 18.2 Å². The molecule has 3 amide bonds. The summed E-state index contributed by atoms with van der Waals surface area (Å²) in [6.07, 6.45) is 5.69. The Bertz CT molecular complexity index is 734. The molecule has 3 unspecified atom stereocenters. The molecule has 1 saturated heterocycles. The number of halogens is 2. The van der Waals surface area contributed by atoms with Gasteiger partial charge in [-0.3, -0.25) is 19.3 Å². The first kappa shape index (κ1) is 20.5. The fraction of sp³-hybridized carbons (Fsp3) is 0.526. The van der Waals surface area contributed by atoms with Crippen LogP contribution in [0.1, 0.15) is 32.1 Å². The SMILES string of the molecule is CSCCC(C(=O)Nc1cc(Cl)ccc1Cl)N1C(=O)C2CCCCC2C1=O. The molecule has 3 atom stereocenters. The van der Waals surface area contributed by atoms with Crippen molar-refractivity contribution in [3.8, 4) is 0 Å². The second kappa shape index (κ2) is 8.84. The van der Waals surface area contributed by atoms with Gasteiger partial charge in [0.2, 0.25) is 17.7 Å². The molecule has 5 nitrogen and oxygen atoms in total. The summed E-state index contributed by atoms with van der Waals surface area (Å²) in [6, 6.07) is 3.94. The molecule has 0 spiro atoms. The third-order valence-corrected chi connectivity index (χ3v) is 6.48. The number of nitrogens with one attached hydrogen (secondary N) is 1. The zero-order valence-electron chi connectivity index (χ0n) is 15.0. The summed E-state index contributed by atoms with van der Waals surface area (Å²) in [7, 11) is 0. The quantitative estimate of drug-likeness (QED) is 0.688. The molecule has 8 heteroatoms. The molecule has 0 radical (unpaired) electrons. The zero-order chi connectivity index (χ0) is 19.6. The summed E-state index contributed by atoms with van der Waals surface area (Å²) in [5, 5.41) is 3.54. The van der Waals surface area contributed by atoms with Crippen LogP contribution < -0.4 is 5.32 Å². The average Bonchev–Trinajstić information content (AvgIpc) is 2.90. The van der Waals surface area contributed by atoms with E-state index >= 15 is 0 Å². The van der Waals surface area contributed by atoms with Crippen LogP contribution in [0.2, 0.25) is 10.0 Å². The van der Waals surface area contributed by atoms with E-state index in [1.54, 1.807) is 30.0 Å². The monoisotopic (exact) mass is 428 g/mol. The molecule has 1 aromatic rings. The van der Waals surface area contributed by atoms with E-state index in [0.29, 0.717) is 27.9 Å². The summed E-state index contributed by atoms with van der Waals surface area (Å²) < 4.78 is 0. The van der Waals surface area contributed by atoms with Gasteiger partial charge in [-0.2, -0.15) is 11.8 Å². The number of hydrogen-bond donors (Lipinski definition) is 1. The largest absolute Gasteiger partial charge is 0.323 e. The van der Waals surface area contributed by atoms with Crippen molar-refractivity contribution in [2.24, 2.45) is 11.8 Å². The lowest BCUT2D eigenvalue weighted by molar-refractivity contribution is -0.146. The Kier molecular flexibility index (Phi) is 6.71. The first-order chi connectivity index (χ1) is 12.9. The van der Waals surface area contributed by atoms with Crippen molar-refractivity contribution < 1.29 is 14.4 Å². The van der Waals surface area contributed by atoms with Crippen LogP contribution in [0.4, 0.5) is 5.69 Å². The van der Waals surface area contributed by atoms with Gasteiger partial charge < -0.3 is 5.32 Å². The van der Waals surface area contributed by atoms with Crippen LogP contribution in [0, 0.1) is 11.8 Å². The number of likely N-dealkylation sites (tertiary alicyclic amines) is 1. The molecule has 1 heterocycles. The summed E-state index contributed by atoms with van der Waals surface area (Å²) in [5.74, 6) is -0.704. The minimum absolute atomic E-state index is 0.205. The Balaban J connectivity index is 1.84. The molecule has 1 aliphatic carbocycles. The summed E-state index contributed by atoms with van der Waals surface area (Å²) in [5.41, 5.74) is 0.375. The van der Waals surface area contributed by atoms with Gasteiger partial charge in [0, 0.05) is 5.02 Å². The van der Waals surface area contributed by atoms with Crippen LogP contribution in [0.25, 0.3) is 0 Å². The van der Waals surface area contributed by atoms with Gasteiger partial charge in [-0.1, -0.05) is 36.0 Å². The molecule has 146 valence electrons. The Morgan fingerprint density at radius 1 is 1.22 bits per heavy atom. The average molecular weight is 429 g/mol. The van der Waals surface area contributed by atoms with Gasteiger partial charge in [0.25, 0.3) is 0 Å². The second-order valence-electron chi connectivity index (χ2n) is 6.95. The molecule has 1 N–H and O–H groups in total. The standard InChI is InChI=1S/C19H22Cl2N2O3S/c1-27-9-8-16(17(24)22-15-10-11(20)6-7-14(15)21)23-18(25)12-4-2-3-5-13(12)19(23)26/h6-7,10,12-13,16H,2-5,8-9H2,1H3,(H,22,24). The first-order valence-corrected chi connectivity index (χ1v) is 11.2. The number of benzene rings is 1. The Morgan fingerprint density at radius 3 is 2.44 bits per heavy atom. The number of carbonyl (C=O) groups is 3. The number of carbonyl (C=O) groups excluding carboxylic acids is 3. The number of fused-ring (bicyclic) bond motifs is 1. The van der Waals surface area contributed by atoms with E-state index in [4.69, 9.17) is 23.2 Å². The highest BCUT2D eigenvalue weighted by Gasteiger charge is 2.51. The highest BCUT2D eigenvalue weighted by molar-refractivity contribution is 7.98. The first-order valence-electron chi connectivity index (χ1n) is 9.05. The number of nitrogens with zero attached hydrogens (tertiary/aromatic N) is 1. The van der Waals surface area contributed by atoms with Crippen molar-refractivity contribution in [3.63, 3.8) is 0 Å². The Hall–Kier alpha value is -1.24. The molecule has 0 aromatic heterocycles. The summed E-state index contributed by atoms with van der Waals surface area (Å²) in [4.78, 5) is 40.0. The zero-order valence-corrected chi connectivity index (χ0v) is 17.4. The van der Waals surface area contributed by atoms with Crippen LogP contribution in [0.5, 0.6) is 0 Å². The molecular formula is C19H22Cl2N2O3S. The fourth-order valence-electron chi connectivity index (χ4n) is 3.91. The highest BCUT2D eigenvalue weighted by atomic mass is 35.5. The van der Waals surface area contributed by atoms with Crippen LogP contribution in [-0.2, 0) is 14.4 Å². The lowest BCUT2D eigenvalue weighted by Gasteiger charge is -2.26. The number of amides is 3. The third kappa shape index (κ3) is 4.28. The van der Waals surface area contributed by atoms with Crippen molar-refractivity contribution in [3.05, 3.63) is 28.2 Å². The Labute approximate surface area is 173 Å². The van der Waals surface area contributed by atoms with E-state index in [-0.39, 0.29) is 23.7 Å². The van der Waals surface area contributed by atoms with Gasteiger partial charge in [0.05, 0.1) is 22.5 Å². The van der Waals surface area contributed by atoms with Crippen LogP contribution in [0.3, 0.4) is 0 Å². The van der Waals surface area contributed by atoms with Gasteiger partial charge in [0.15, 0.2) is 0 Å². The lowest BCUT2D eigenvalue weighted by Crippen LogP contribution is -2.48. The number of imide groups is 1. The molecule has 1 aliphatic heterocycles. The smallest absolute Gasteiger partial charge is 0.247 e. The topological polar surface area (TPSA) is 66.5 Å². The third-order valence-electron chi connectivity index (χ3n) is 5.27. The molecule has 1 saturated carbocycles. The van der Waals surface area contributed by atoms with Crippen LogP contribution >= 0.6 is 35.0 Å². The van der Waals surface area contributed by atoms with Gasteiger partial charge >= 0.3 is 0 Å². The second-order valence-corrected chi connectivity index (χ2v) is 8.78. The van der Waals surface area contributed by atoms with Gasteiger partial charge in [0.1, 0.15) is 6.04 Å². The highest BCUT2D eigenvalue weighted by Crippen LogP contribution is 2.39. The fourth-order valence-corrected chi connectivity index (χ4v) is 4.71. The maximum absolute atomic E-state index is 13.0. The molecule has 27 heavy (non-hydrogen) atoms. The maximum Gasteiger partial charge on any atom is 0.247 e. The minimum Gasteiger partial charge on any atom is -0.323 e. The Morgan fingerprint density at radius 2 is 1.85 bits per heavy atom. The van der Waals surface area contributed by atoms with E-state index in [1.807, 2.05) is 6.26 Å². The molecule has 1 aromatic carbocycles. The van der Waals surface area contributed by atoms with Crippen molar-refractivity contribution in [1.82, 2.24) is 4.90 Å². The van der Waals surface area contributed by atoms with Crippen molar-refractivity contribution in [2.75, 3.05) is 17.3 Å². The van der Waals surface area contributed by atoms with E-state index in [9.17, 15) is 14.4 Å². The maximum atomic E-state index is 13.0. The van der Waals surface area contributed by atoms with Gasteiger partial charge in [-0.25, -0.2) is 0 Å². The van der Waals surface area contributed by atoms with E-state index < -0.39 is 11.9 Å². The predicted molar refractivity (Wildman–Crippen MR) is 109 cm³/mol. The van der Waals surface area contributed by atoms with E-state index in [0.717, 1.165) is 25.7 Å².